The molecule has 67 heavy (non-hydrogen) atoms. The predicted molar refractivity (Wildman–Crippen MR) is 292 cm³/mol. The minimum absolute atomic E-state index is 0.00308. The van der Waals surface area contributed by atoms with Crippen LogP contribution in [0, 0.1) is 6.92 Å². The van der Waals surface area contributed by atoms with Gasteiger partial charge in [0.1, 0.15) is 0 Å². The summed E-state index contributed by atoms with van der Waals surface area (Å²) in [6, 6.07) is 52.7. The molecule has 6 aromatic carbocycles. The fourth-order valence-corrected chi connectivity index (χ4v) is 14.7. The second-order valence-corrected chi connectivity index (χ2v) is 26.1. The predicted octanol–water partition coefficient (Wildman–Crippen LogP) is 15.7. The number of hydrogen-bond donors (Lipinski definition) is 0. The quantitative estimate of drug-likeness (QED) is 0.160. The lowest BCUT2D eigenvalue weighted by molar-refractivity contribution is 0.589. The summed E-state index contributed by atoms with van der Waals surface area (Å²) >= 11 is 4.06. The van der Waals surface area contributed by atoms with Crippen LogP contribution in [0.15, 0.2) is 133 Å². The fraction of sp³-hybridized carbons (Fsp3) is 0.290. The van der Waals surface area contributed by atoms with Gasteiger partial charge < -0.3 is 9.80 Å². The first-order valence-corrected chi connectivity index (χ1v) is 25.9. The van der Waals surface area contributed by atoms with Gasteiger partial charge in [0.05, 0.1) is 10.4 Å². The van der Waals surface area contributed by atoms with Crippen LogP contribution in [-0.2, 0) is 27.1 Å². The molecule has 2 aliphatic carbocycles. The molecule has 4 heterocycles. The zero-order valence-corrected chi connectivity index (χ0v) is 43.1. The van der Waals surface area contributed by atoms with Gasteiger partial charge in [0.25, 0.3) is 6.71 Å². The Morgan fingerprint density at radius 1 is 0.433 bits per heavy atom. The van der Waals surface area contributed by atoms with E-state index in [0.717, 1.165) is 0 Å². The first kappa shape index (κ1) is 42.7. The first-order valence-electron chi connectivity index (χ1n) is 24.3. The highest BCUT2D eigenvalue weighted by atomic mass is 32.1. The molecule has 0 atom stereocenters. The molecule has 0 saturated carbocycles. The van der Waals surface area contributed by atoms with Gasteiger partial charge >= 0.3 is 0 Å². The van der Waals surface area contributed by atoms with E-state index in [2.05, 4.69) is 245 Å². The minimum atomic E-state index is -0.402. The molecule has 1 spiro atoms. The number of nitrogens with zero attached hydrogens (tertiary/aromatic N) is 2. The van der Waals surface area contributed by atoms with E-state index in [4.69, 9.17) is 0 Å². The van der Waals surface area contributed by atoms with E-state index >= 15 is 0 Å². The third kappa shape index (κ3) is 5.99. The maximum absolute atomic E-state index is 2.68. The molecule has 12 rings (SSSR count). The summed E-state index contributed by atoms with van der Waals surface area (Å²) in [5.74, 6) is 0. The minimum Gasteiger partial charge on any atom is -0.311 e. The summed E-state index contributed by atoms with van der Waals surface area (Å²) < 4.78 is 0. The van der Waals surface area contributed by atoms with Gasteiger partial charge in [0, 0.05) is 43.1 Å². The summed E-state index contributed by atoms with van der Waals surface area (Å²) in [6.45, 7) is 30.4. The molecule has 2 aliphatic heterocycles. The summed E-state index contributed by atoms with van der Waals surface area (Å²) in [4.78, 5) is 9.61. The summed E-state index contributed by atoms with van der Waals surface area (Å²) in [7, 11) is 0. The van der Waals surface area contributed by atoms with E-state index < -0.39 is 5.41 Å². The molecular formula is C62H61BN2S2. The normalized spacial score (nSPS) is 15.3. The van der Waals surface area contributed by atoms with Crippen molar-refractivity contribution in [2.45, 2.75) is 117 Å². The Labute approximate surface area is 407 Å². The highest BCUT2D eigenvalue weighted by Crippen LogP contribution is 2.67. The van der Waals surface area contributed by atoms with Crippen molar-refractivity contribution in [2.75, 3.05) is 9.80 Å². The highest BCUT2D eigenvalue weighted by Gasteiger charge is 2.58. The molecule has 5 heteroatoms. The summed E-state index contributed by atoms with van der Waals surface area (Å²) in [5, 5.41) is 1.34. The molecule has 0 unspecified atom stereocenters. The van der Waals surface area contributed by atoms with Gasteiger partial charge in [-0.15, -0.1) is 22.7 Å². The third-order valence-electron chi connectivity index (χ3n) is 15.4. The monoisotopic (exact) mass is 908 g/mol. The van der Waals surface area contributed by atoms with E-state index in [0.29, 0.717) is 0 Å². The lowest BCUT2D eigenvalue weighted by Crippen LogP contribution is -2.61. The SMILES string of the molecule is Cc1cc2c(s1)C1(c3ccccc3-c3ccccc31)c1sc3c(c1-2)B1c2ccc(C(C)(C)C)cc2N(c2ccc(C(C)(C)C)cc2)c2cc(C(C)(C)C)cc(c21)N3c1ccc(C(C)(C)C)cc1. The van der Waals surface area contributed by atoms with Crippen LogP contribution in [0.5, 0.6) is 0 Å². The van der Waals surface area contributed by atoms with Crippen molar-refractivity contribution in [1.29, 1.82) is 0 Å². The van der Waals surface area contributed by atoms with Crippen LogP contribution in [0.25, 0.3) is 22.3 Å². The molecule has 0 amide bonds. The highest BCUT2D eigenvalue weighted by molar-refractivity contribution is 7.22. The molecule has 0 bridgehead atoms. The van der Waals surface area contributed by atoms with Crippen LogP contribution in [0.1, 0.15) is 131 Å². The molecule has 334 valence electrons. The van der Waals surface area contributed by atoms with Crippen molar-refractivity contribution in [3.8, 4) is 22.3 Å². The number of thiophene rings is 2. The maximum Gasteiger partial charge on any atom is 0.254 e. The van der Waals surface area contributed by atoms with Crippen LogP contribution >= 0.6 is 22.7 Å². The fourth-order valence-electron chi connectivity index (χ4n) is 11.8. The number of anilines is 6. The van der Waals surface area contributed by atoms with Gasteiger partial charge in [-0.05, 0) is 149 Å². The number of aryl methyl sites for hydroxylation is 1. The molecule has 4 aliphatic rings. The number of fused-ring (bicyclic) bond motifs is 15. The van der Waals surface area contributed by atoms with Crippen LogP contribution in [0.2, 0.25) is 0 Å². The van der Waals surface area contributed by atoms with Gasteiger partial charge in [-0.1, -0.05) is 168 Å². The second kappa shape index (κ2) is 14.0. The second-order valence-electron chi connectivity index (χ2n) is 23.9. The molecule has 0 radical (unpaired) electrons. The Balaban J connectivity index is 1.24. The molecule has 0 saturated heterocycles. The Morgan fingerprint density at radius 3 is 1.45 bits per heavy atom. The molecule has 2 nitrogen and oxygen atoms in total. The van der Waals surface area contributed by atoms with Crippen LogP contribution in [0.4, 0.5) is 33.4 Å². The molecular weight excluding hydrogens is 848 g/mol. The Kier molecular flexibility index (Phi) is 8.92. The van der Waals surface area contributed by atoms with E-state index in [1.54, 1.807) is 0 Å². The van der Waals surface area contributed by atoms with Crippen molar-refractivity contribution in [1.82, 2.24) is 0 Å². The average molecular weight is 909 g/mol. The smallest absolute Gasteiger partial charge is 0.254 e. The van der Waals surface area contributed by atoms with Crippen LogP contribution in [0.3, 0.4) is 0 Å². The first-order chi connectivity index (χ1) is 31.7. The van der Waals surface area contributed by atoms with Gasteiger partial charge in [-0.25, -0.2) is 0 Å². The van der Waals surface area contributed by atoms with Crippen molar-refractivity contribution < 1.29 is 0 Å². The topological polar surface area (TPSA) is 6.48 Å². The van der Waals surface area contributed by atoms with E-state index in [9.17, 15) is 0 Å². The lowest BCUT2D eigenvalue weighted by atomic mass is 9.33. The molecule has 0 N–H and O–H groups in total. The van der Waals surface area contributed by atoms with Gasteiger partial charge in [0.2, 0.25) is 0 Å². The van der Waals surface area contributed by atoms with Crippen molar-refractivity contribution in [2.24, 2.45) is 0 Å². The number of hydrogen-bond acceptors (Lipinski definition) is 4. The number of benzene rings is 6. The molecule has 8 aromatic rings. The van der Waals surface area contributed by atoms with Crippen molar-refractivity contribution in [3.63, 3.8) is 0 Å². The summed E-state index contributed by atoms with van der Waals surface area (Å²) in [6.07, 6.45) is 0. The lowest BCUT2D eigenvalue weighted by Gasteiger charge is -2.45. The molecule has 0 fully saturated rings. The van der Waals surface area contributed by atoms with E-state index in [1.807, 2.05) is 11.3 Å². The van der Waals surface area contributed by atoms with Gasteiger partial charge in [-0.2, -0.15) is 0 Å². The van der Waals surface area contributed by atoms with Crippen LogP contribution < -0.4 is 26.2 Å². The van der Waals surface area contributed by atoms with E-state index in [-0.39, 0.29) is 28.4 Å². The van der Waals surface area contributed by atoms with Crippen molar-refractivity contribution in [3.05, 3.63) is 181 Å². The third-order valence-corrected chi connectivity index (χ3v) is 17.9. The van der Waals surface area contributed by atoms with Crippen molar-refractivity contribution >= 4 is 79.2 Å². The van der Waals surface area contributed by atoms with E-state index in [1.165, 1.54) is 120 Å². The zero-order chi connectivity index (χ0) is 46.9. The zero-order valence-electron chi connectivity index (χ0n) is 41.5. The van der Waals surface area contributed by atoms with Gasteiger partial charge in [-0.3, -0.25) is 0 Å². The standard InChI is InChI=1S/C62H61BN2S2/c1-36-32-45-52-54-57(67-56(52)62(55(45)66-36)46-20-16-14-18-43(46)44-19-15-17-21-47(44)62)65(42-29-24-38(25-30-42)59(5,6)7)51-35-40(61(11,12)13)34-50-53(51)63(54)48-31-26-39(60(8,9)10)33-49(48)64(50)41-27-22-37(23-28-41)58(2,3)4/h14-35H,1-13H3. The van der Waals surface area contributed by atoms with Crippen LogP contribution in [-0.4, -0.2) is 6.71 Å². The largest absolute Gasteiger partial charge is 0.311 e. The average Bonchev–Trinajstić information content (AvgIpc) is 4.00. The Bertz CT molecular complexity index is 3310. The summed E-state index contributed by atoms with van der Waals surface area (Å²) in [5.41, 5.74) is 23.7. The Hall–Kier alpha value is -5.62. The maximum atomic E-state index is 2.68. The van der Waals surface area contributed by atoms with Gasteiger partial charge in [0.15, 0.2) is 0 Å². The number of rotatable bonds is 2. The molecule has 2 aromatic heterocycles. The Morgan fingerprint density at radius 2 is 0.910 bits per heavy atom.